The molecule has 2 aliphatic heterocycles. The molecule has 0 radical (unpaired) electrons. The highest BCUT2D eigenvalue weighted by Crippen LogP contribution is 2.28. The number of nitrogens with zero attached hydrogens (tertiary/aromatic N) is 8. The van der Waals surface area contributed by atoms with Crippen LogP contribution in [-0.4, -0.2) is 74.3 Å². The lowest BCUT2D eigenvalue weighted by Gasteiger charge is -2.34. The largest absolute Gasteiger partial charge is 0.339 e. The van der Waals surface area contributed by atoms with E-state index in [-0.39, 0.29) is 24.2 Å². The number of aromatic nitrogens is 5. The van der Waals surface area contributed by atoms with Crippen LogP contribution in [0.4, 0.5) is 11.7 Å². The van der Waals surface area contributed by atoms with E-state index in [2.05, 4.69) is 20.2 Å². The van der Waals surface area contributed by atoms with Gasteiger partial charge in [0.05, 0.1) is 17.1 Å². The maximum absolute atomic E-state index is 13.2. The van der Waals surface area contributed by atoms with E-state index in [0.29, 0.717) is 44.6 Å². The molecule has 2 amide bonds. The van der Waals surface area contributed by atoms with Crippen LogP contribution < -0.4 is 9.80 Å². The van der Waals surface area contributed by atoms with Crippen molar-refractivity contribution in [3.8, 4) is 11.4 Å². The van der Waals surface area contributed by atoms with Crippen molar-refractivity contribution in [1.29, 1.82) is 0 Å². The Bertz CT molecular complexity index is 1440. The van der Waals surface area contributed by atoms with E-state index in [4.69, 9.17) is 4.52 Å². The van der Waals surface area contributed by atoms with Crippen molar-refractivity contribution < 1.29 is 14.1 Å². The van der Waals surface area contributed by atoms with Gasteiger partial charge in [0.2, 0.25) is 17.6 Å². The van der Waals surface area contributed by atoms with Crippen LogP contribution in [-0.2, 0) is 16.6 Å². The van der Waals surface area contributed by atoms with Crippen LogP contribution in [0.3, 0.4) is 0 Å². The van der Waals surface area contributed by atoms with Crippen molar-refractivity contribution in [1.82, 2.24) is 29.8 Å². The Balaban J connectivity index is 1.09. The van der Waals surface area contributed by atoms with Gasteiger partial charge in [-0.25, -0.2) is 0 Å². The van der Waals surface area contributed by atoms with Crippen molar-refractivity contribution in [3.05, 3.63) is 48.3 Å². The van der Waals surface area contributed by atoms with Crippen LogP contribution in [0.15, 0.2) is 47.1 Å². The van der Waals surface area contributed by atoms with Crippen molar-refractivity contribution >= 4 is 34.5 Å². The molecule has 1 aromatic carbocycles. The van der Waals surface area contributed by atoms with E-state index >= 15 is 0 Å². The molecule has 0 N–H and O–H groups in total. The fraction of sp³-hybridized carbons (Fsp3) is 0.360. The number of pyridine rings is 1. The molecular formula is C25H26N8O3. The first-order valence-corrected chi connectivity index (χ1v) is 12.0. The number of aryl methyl sites for hydroxylation is 2. The Labute approximate surface area is 207 Å². The number of carbonyl (C=O) groups is 2. The molecule has 36 heavy (non-hydrogen) atoms. The maximum Gasteiger partial charge on any atom is 0.324 e. The average Bonchev–Trinajstić information content (AvgIpc) is 3.62. The van der Waals surface area contributed by atoms with Crippen LogP contribution in [0.25, 0.3) is 22.4 Å². The van der Waals surface area contributed by atoms with Gasteiger partial charge in [0.1, 0.15) is 5.52 Å². The van der Waals surface area contributed by atoms with Gasteiger partial charge >= 0.3 is 6.01 Å². The number of anilines is 2. The highest BCUT2D eigenvalue weighted by Gasteiger charge is 2.38. The lowest BCUT2D eigenvalue weighted by Crippen LogP contribution is -2.50. The van der Waals surface area contributed by atoms with E-state index in [1.54, 1.807) is 15.8 Å². The van der Waals surface area contributed by atoms with Gasteiger partial charge in [0, 0.05) is 63.6 Å². The van der Waals surface area contributed by atoms with E-state index < -0.39 is 0 Å². The van der Waals surface area contributed by atoms with Gasteiger partial charge in [-0.05, 0) is 25.1 Å². The number of hydrogen-bond acceptors (Lipinski definition) is 8. The molecule has 0 bridgehead atoms. The Hall–Kier alpha value is -4.28. The van der Waals surface area contributed by atoms with Crippen LogP contribution in [0.5, 0.6) is 0 Å². The van der Waals surface area contributed by atoms with E-state index in [9.17, 15) is 9.59 Å². The zero-order valence-electron chi connectivity index (χ0n) is 20.2. The van der Waals surface area contributed by atoms with Gasteiger partial charge in [-0.3, -0.25) is 19.3 Å². The first-order valence-electron chi connectivity index (χ1n) is 12.0. The minimum atomic E-state index is -0.322. The molecule has 11 nitrogen and oxygen atoms in total. The van der Waals surface area contributed by atoms with Crippen molar-refractivity contribution in [2.75, 3.05) is 42.5 Å². The molecule has 2 saturated heterocycles. The summed E-state index contributed by atoms with van der Waals surface area (Å²) in [6, 6.07) is 11.9. The Kier molecular flexibility index (Phi) is 5.39. The van der Waals surface area contributed by atoms with Gasteiger partial charge < -0.3 is 19.2 Å². The molecule has 4 aromatic rings. The predicted molar refractivity (Wildman–Crippen MR) is 132 cm³/mol. The first-order chi connectivity index (χ1) is 17.5. The third-order valence-electron chi connectivity index (χ3n) is 6.94. The molecule has 184 valence electrons. The van der Waals surface area contributed by atoms with Gasteiger partial charge in [-0.2, -0.15) is 10.1 Å². The normalized spacial score (nSPS) is 18.4. The second-order valence-electron chi connectivity index (χ2n) is 9.25. The van der Waals surface area contributed by atoms with Gasteiger partial charge in [0.15, 0.2) is 0 Å². The smallest absolute Gasteiger partial charge is 0.324 e. The molecule has 5 heterocycles. The molecule has 0 saturated carbocycles. The van der Waals surface area contributed by atoms with Crippen LogP contribution in [0, 0.1) is 12.8 Å². The number of rotatable bonds is 4. The molecule has 2 fully saturated rings. The van der Waals surface area contributed by atoms with Crippen molar-refractivity contribution in [2.24, 2.45) is 13.0 Å². The second kappa shape index (κ2) is 8.74. The first kappa shape index (κ1) is 22.2. The van der Waals surface area contributed by atoms with Crippen LogP contribution in [0.2, 0.25) is 0 Å². The molecule has 6 rings (SSSR count). The Morgan fingerprint density at radius 2 is 1.89 bits per heavy atom. The Morgan fingerprint density at radius 3 is 2.67 bits per heavy atom. The molecule has 0 aliphatic carbocycles. The molecule has 0 unspecified atom stereocenters. The summed E-state index contributed by atoms with van der Waals surface area (Å²) >= 11 is 0. The number of benzene rings is 1. The maximum atomic E-state index is 13.2. The lowest BCUT2D eigenvalue weighted by molar-refractivity contribution is -0.136. The minimum Gasteiger partial charge on any atom is -0.339 e. The topological polar surface area (TPSA) is 113 Å². The molecule has 2 aliphatic rings. The summed E-state index contributed by atoms with van der Waals surface area (Å²) in [6.07, 6.45) is 1.97. The SMILES string of the molecule is Cc1nn(C)c2cc(-c3noc(N4CCN(C(=O)[C@H]5CC(=O)N(c6ccccc6)C5)CC4)n3)cnc12. The van der Waals surface area contributed by atoms with Crippen LogP contribution >= 0.6 is 0 Å². The van der Waals surface area contributed by atoms with Crippen molar-refractivity contribution in [3.63, 3.8) is 0 Å². The van der Waals surface area contributed by atoms with Crippen molar-refractivity contribution in [2.45, 2.75) is 13.3 Å². The molecule has 11 heteroatoms. The van der Waals surface area contributed by atoms with Gasteiger partial charge in [-0.1, -0.05) is 23.4 Å². The third-order valence-corrected chi connectivity index (χ3v) is 6.94. The van der Waals surface area contributed by atoms with Gasteiger partial charge in [0.25, 0.3) is 0 Å². The summed E-state index contributed by atoms with van der Waals surface area (Å²) in [5.74, 6) is 0.156. The minimum absolute atomic E-state index is 0.00876. The molecule has 3 aromatic heterocycles. The Morgan fingerprint density at radius 1 is 1.11 bits per heavy atom. The molecule has 0 spiro atoms. The predicted octanol–water partition coefficient (Wildman–Crippen LogP) is 2.03. The lowest BCUT2D eigenvalue weighted by atomic mass is 10.1. The number of piperazine rings is 1. The summed E-state index contributed by atoms with van der Waals surface area (Å²) in [7, 11) is 1.88. The summed E-state index contributed by atoms with van der Waals surface area (Å²) in [5, 5.41) is 8.55. The highest BCUT2D eigenvalue weighted by molar-refractivity contribution is 6.00. The van der Waals surface area contributed by atoms with E-state index in [1.165, 1.54) is 0 Å². The standard InChI is InChI=1S/C25H26N8O3/c1-16-22-20(30(2)28-16)12-17(14-26-22)23-27-25(36-29-23)32-10-8-31(9-11-32)24(35)18-13-21(34)33(15-18)19-6-4-3-5-7-19/h3-7,12,14,18H,8-11,13,15H2,1-2H3/t18-/m0/s1. The number of fused-ring (bicyclic) bond motifs is 1. The monoisotopic (exact) mass is 486 g/mol. The number of carbonyl (C=O) groups excluding carboxylic acids is 2. The summed E-state index contributed by atoms with van der Waals surface area (Å²) in [5.41, 5.74) is 4.21. The third kappa shape index (κ3) is 3.86. The number of para-hydroxylation sites is 1. The van der Waals surface area contributed by atoms with Gasteiger partial charge in [-0.15, -0.1) is 0 Å². The van der Waals surface area contributed by atoms with E-state index in [0.717, 1.165) is 28.0 Å². The summed E-state index contributed by atoms with van der Waals surface area (Å²) < 4.78 is 7.33. The fourth-order valence-electron chi connectivity index (χ4n) is 5.00. The highest BCUT2D eigenvalue weighted by atomic mass is 16.5. The van der Waals surface area contributed by atoms with Crippen LogP contribution in [0.1, 0.15) is 12.1 Å². The number of hydrogen-bond donors (Lipinski definition) is 0. The molecule has 1 atom stereocenters. The quantitative estimate of drug-likeness (QED) is 0.431. The fourth-order valence-corrected chi connectivity index (χ4v) is 5.00. The average molecular weight is 487 g/mol. The summed E-state index contributed by atoms with van der Waals surface area (Å²) in [4.78, 5) is 40.3. The second-order valence-corrected chi connectivity index (χ2v) is 9.25. The molecular weight excluding hydrogens is 460 g/mol. The number of amides is 2. The zero-order chi connectivity index (χ0) is 24.8. The zero-order valence-corrected chi connectivity index (χ0v) is 20.2. The van der Waals surface area contributed by atoms with E-state index in [1.807, 2.05) is 60.2 Å². The summed E-state index contributed by atoms with van der Waals surface area (Å²) in [6.45, 7) is 4.57.